The second-order valence-corrected chi connectivity index (χ2v) is 8.38. The van der Waals surface area contributed by atoms with Gasteiger partial charge in [0.05, 0.1) is 5.02 Å². The number of sulfonamides is 1. The van der Waals surface area contributed by atoms with Crippen LogP contribution in [0.1, 0.15) is 28.8 Å². The minimum atomic E-state index is -3.72. The number of carbonyl (C=O) groups excluding carboxylic acids is 1. The average Bonchev–Trinajstić information content (AvgIpc) is 3.17. The molecule has 0 saturated carbocycles. The van der Waals surface area contributed by atoms with Gasteiger partial charge >= 0.3 is 0 Å². The van der Waals surface area contributed by atoms with Gasteiger partial charge in [-0.25, -0.2) is 12.8 Å². The van der Waals surface area contributed by atoms with E-state index in [2.05, 4.69) is 5.32 Å². The van der Waals surface area contributed by atoms with Gasteiger partial charge in [0.15, 0.2) is 0 Å². The maximum atomic E-state index is 12.9. The topological polar surface area (TPSA) is 66.5 Å². The van der Waals surface area contributed by atoms with Gasteiger partial charge in [-0.05, 0) is 48.7 Å². The number of halogens is 2. The van der Waals surface area contributed by atoms with Crippen LogP contribution in [-0.2, 0) is 16.6 Å². The van der Waals surface area contributed by atoms with E-state index in [4.69, 9.17) is 11.6 Å². The smallest absolute Gasteiger partial charge is 0.251 e. The highest BCUT2D eigenvalue weighted by molar-refractivity contribution is 7.89. The molecule has 0 unspecified atom stereocenters. The SMILES string of the molecule is O=C(NCc1ccc(F)cc1)c1ccc(Cl)c(S(=O)(=O)N2CCCC2)c1. The molecule has 26 heavy (non-hydrogen) atoms. The molecule has 0 aliphatic carbocycles. The monoisotopic (exact) mass is 396 g/mol. The van der Waals surface area contributed by atoms with Crippen LogP contribution < -0.4 is 5.32 Å². The van der Waals surface area contributed by atoms with Crippen molar-refractivity contribution >= 4 is 27.5 Å². The van der Waals surface area contributed by atoms with Crippen molar-refractivity contribution in [1.82, 2.24) is 9.62 Å². The second-order valence-electron chi connectivity index (χ2n) is 6.07. The van der Waals surface area contributed by atoms with Crippen LogP contribution in [0, 0.1) is 5.82 Å². The average molecular weight is 397 g/mol. The van der Waals surface area contributed by atoms with E-state index < -0.39 is 15.9 Å². The standard InChI is InChI=1S/C18H18ClFN2O3S/c19-16-8-5-14(11-17(16)26(24,25)22-9-1-2-10-22)18(23)21-12-13-3-6-15(20)7-4-13/h3-8,11H,1-2,9-10,12H2,(H,21,23). The third-order valence-electron chi connectivity index (χ3n) is 4.24. The molecule has 1 heterocycles. The Balaban J connectivity index is 1.78. The minimum absolute atomic E-state index is 0.0597. The lowest BCUT2D eigenvalue weighted by atomic mass is 10.2. The summed E-state index contributed by atoms with van der Waals surface area (Å²) in [5, 5.41) is 2.78. The lowest BCUT2D eigenvalue weighted by molar-refractivity contribution is 0.0950. The van der Waals surface area contributed by atoms with Crippen molar-refractivity contribution in [2.75, 3.05) is 13.1 Å². The van der Waals surface area contributed by atoms with Crippen molar-refractivity contribution in [2.45, 2.75) is 24.3 Å². The molecule has 5 nitrogen and oxygen atoms in total. The van der Waals surface area contributed by atoms with Crippen LogP contribution >= 0.6 is 11.6 Å². The summed E-state index contributed by atoms with van der Waals surface area (Å²) in [6.07, 6.45) is 1.63. The molecule has 0 bridgehead atoms. The summed E-state index contributed by atoms with van der Waals surface area (Å²) >= 11 is 6.08. The van der Waals surface area contributed by atoms with Crippen LogP contribution in [0.2, 0.25) is 5.02 Å². The number of nitrogens with one attached hydrogen (secondary N) is 1. The van der Waals surface area contributed by atoms with Gasteiger partial charge in [-0.2, -0.15) is 4.31 Å². The molecule has 8 heteroatoms. The van der Waals surface area contributed by atoms with Crippen LogP contribution in [-0.4, -0.2) is 31.7 Å². The zero-order chi connectivity index (χ0) is 18.7. The van der Waals surface area contributed by atoms with Gasteiger partial charge in [0.2, 0.25) is 10.0 Å². The van der Waals surface area contributed by atoms with Crippen molar-refractivity contribution < 1.29 is 17.6 Å². The molecule has 1 N–H and O–H groups in total. The Hall–Kier alpha value is -1.96. The molecule has 0 aromatic heterocycles. The number of benzene rings is 2. The van der Waals surface area contributed by atoms with E-state index in [1.54, 1.807) is 12.1 Å². The number of hydrogen-bond acceptors (Lipinski definition) is 3. The fourth-order valence-electron chi connectivity index (χ4n) is 2.80. The molecule has 2 aromatic carbocycles. The normalized spacial score (nSPS) is 15.2. The summed E-state index contributed by atoms with van der Waals surface area (Å²) in [4.78, 5) is 12.3. The zero-order valence-electron chi connectivity index (χ0n) is 13.9. The maximum Gasteiger partial charge on any atom is 0.251 e. The van der Waals surface area contributed by atoms with Crippen molar-refractivity contribution in [3.63, 3.8) is 0 Å². The van der Waals surface area contributed by atoms with Crippen LogP contribution in [0.25, 0.3) is 0 Å². The highest BCUT2D eigenvalue weighted by Crippen LogP contribution is 2.28. The van der Waals surface area contributed by atoms with Gasteiger partial charge in [0, 0.05) is 25.2 Å². The Kier molecular flexibility index (Phi) is 5.60. The fourth-order valence-corrected chi connectivity index (χ4v) is 4.81. The summed E-state index contributed by atoms with van der Waals surface area (Å²) in [7, 11) is -3.72. The molecule has 1 fully saturated rings. The molecule has 1 aliphatic rings. The zero-order valence-corrected chi connectivity index (χ0v) is 15.5. The van der Waals surface area contributed by atoms with E-state index in [-0.39, 0.29) is 27.8 Å². The molecule has 138 valence electrons. The predicted molar refractivity (Wildman–Crippen MR) is 97.0 cm³/mol. The number of amides is 1. The lowest BCUT2D eigenvalue weighted by Gasteiger charge is -2.17. The number of carbonyl (C=O) groups is 1. The first-order valence-electron chi connectivity index (χ1n) is 8.20. The first kappa shape index (κ1) is 18.8. The minimum Gasteiger partial charge on any atom is -0.348 e. The van der Waals surface area contributed by atoms with Crippen LogP contribution in [0.3, 0.4) is 0 Å². The maximum absolute atomic E-state index is 12.9. The van der Waals surface area contributed by atoms with Crippen LogP contribution in [0.15, 0.2) is 47.4 Å². The number of hydrogen-bond donors (Lipinski definition) is 1. The first-order chi connectivity index (χ1) is 12.4. The van der Waals surface area contributed by atoms with Gasteiger partial charge in [0.1, 0.15) is 10.7 Å². The van der Waals surface area contributed by atoms with E-state index in [1.807, 2.05) is 0 Å². The first-order valence-corrected chi connectivity index (χ1v) is 10.0. The Labute approximate surface area is 156 Å². The molecule has 1 amide bonds. The third kappa shape index (κ3) is 4.06. The van der Waals surface area contributed by atoms with E-state index in [1.165, 1.54) is 34.6 Å². The molecular formula is C18H18ClFN2O3S. The van der Waals surface area contributed by atoms with Crippen LogP contribution in [0.4, 0.5) is 4.39 Å². The molecule has 0 atom stereocenters. The van der Waals surface area contributed by atoms with E-state index in [0.717, 1.165) is 18.4 Å². The molecule has 2 aromatic rings. The Bertz CT molecular complexity index is 911. The van der Waals surface area contributed by atoms with Gasteiger partial charge in [-0.3, -0.25) is 4.79 Å². The summed E-state index contributed by atoms with van der Waals surface area (Å²) in [5.41, 5.74) is 0.938. The quantitative estimate of drug-likeness (QED) is 0.844. The summed E-state index contributed by atoms with van der Waals surface area (Å²) < 4.78 is 39.7. The van der Waals surface area contributed by atoms with Crippen molar-refractivity contribution in [3.05, 3.63) is 64.4 Å². The lowest BCUT2D eigenvalue weighted by Crippen LogP contribution is -2.29. The molecule has 1 saturated heterocycles. The van der Waals surface area contributed by atoms with E-state index >= 15 is 0 Å². The van der Waals surface area contributed by atoms with Gasteiger partial charge in [-0.15, -0.1) is 0 Å². The van der Waals surface area contributed by atoms with Gasteiger partial charge in [-0.1, -0.05) is 23.7 Å². The van der Waals surface area contributed by atoms with E-state index in [9.17, 15) is 17.6 Å². The molecule has 0 spiro atoms. The fraction of sp³-hybridized carbons (Fsp3) is 0.278. The van der Waals surface area contributed by atoms with Crippen molar-refractivity contribution in [1.29, 1.82) is 0 Å². The van der Waals surface area contributed by atoms with Gasteiger partial charge in [0.25, 0.3) is 5.91 Å². The van der Waals surface area contributed by atoms with Crippen molar-refractivity contribution in [3.8, 4) is 0 Å². The Morgan fingerprint density at radius 1 is 1.12 bits per heavy atom. The third-order valence-corrected chi connectivity index (χ3v) is 6.62. The molecule has 1 aliphatic heterocycles. The van der Waals surface area contributed by atoms with Crippen LogP contribution in [0.5, 0.6) is 0 Å². The Morgan fingerprint density at radius 3 is 2.42 bits per heavy atom. The predicted octanol–water partition coefficient (Wildman–Crippen LogP) is 3.19. The molecule has 3 rings (SSSR count). The Morgan fingerprint density at radius 2 is 1.77 bits per heavy atom. The largest absolute Gasteiger partial charge is 0.348 e. The summed E-state index contributed by atoms with van der Waals surface area (Å²) in [5.74, 6) is -0.779. The number of rotatable bonds is 5. The summed E-state index contributed by atoms with van der Waals surface area (Å²) in [6.45, 7) is 1.12. The molecular weight excluding hydrogens is 379 g/mol. The molecule has 0 radical (unpaired) electrons. The van der Waals surface area contributed by atoms with E-state index in [0.29, 0.717) is 13.1 Å². The van der Waals surface area contributed by atoms with Gasteiger partial charge < -0.3 is 5.32 Å². The highest BCUT2D eigenvalue weighted by atomic mass is 35.5. The second kappa shape index (κ2) is 7.73. The summed E-state index contributed by atoms with van der Waals surface area (Å²) in [6, 6.07) is 9.95. The highest BCUT2D eigenvalue weighted by Gasteiger charge is 2.29. The van der Waals surface area contributed by atoms with Crippen molar-refractivity contribution in [2.24, 2.45) is 0 Å². The number of nitrogens with zero attached hydrogens (tertiary/aromatic N) is 1.